The number of benzene rings is 3. The number of thioether (sulfide) groups is 1. The van der Waals surface area contributed by atoms with Crippen molar-refractivity contribution < 1.29 is 37.0 Å². The first-order valence-electron chi connectivity index (χ1n) is 23.1. The number of piperidine rings is 1. The molecule has 3 aliphatic rings. The summed E-state index contributed by atoms with van der Waals surface area (Å²) < 4.78 is 53.9. The second-order valence-corrected chi connectivity index (χ2v) is 18.2. The Morgan fingerprint density at radius 1 is 0.942 bits per heavy atom. The van der Waals surface area contributed by atoms with Gasteiger partial charge in [0.1, 0.15) is 23.7 Å². The van der Waals surface area contributed by atoms with Crippen LogP contribution in [0.2, 0.25) is 0 Å². The molecule has 4 heterocycles. The number of hydrogen-bond acceptors (Lipinski definition) is 12. The summed E-state index contributed by atoms with van der Waals surface area (Å²) in [6, 6.07) is 18.0. The molecule has 1 aliphatic carbocycles. The van der Waals surface area contributed by atoms with Crippen molar-refractivity contribution in [3.05, 3.63) is 78.1 Å². The van der Waals surface area contributed by atoms with Crippen LogP contribution in [-0.2, 0) is 16.1 Å². The normalized spacial score (nSPS) is 15.4. The monoisotopic (exact) mass is 966 g/mol. The van der Waals surface area contributed by atoms with Crippen LogP contribution in [0.3, 0.4) is 0 Å². The number of amides is 3. The number of nitrogens with one attached hydrogen (secondary N) is 4. The van der Waals surface area contributed by atoms with E-state index in [1.165, 1.54) is 11.7 Å². The van der Waals surface area contributed by atoms with Gasteiger partial charge in [0.05, 0.1) is 56.1 Å². The number of methoxy groups -OCH3 is 2. The summed E-state index contributed by atoms with van der Waals surface area (Å²) in [6.07, 6.45) is 5.46. The molecule has 0 bridgehead atoms. The topological polar surface area (TPSA) is 158 Å². The van der Waals surface area contributed by atoms with Crippen LogP contribution in [0.5, 0.6) is 11.5 Å². The van der Waals surface area contributed by atoms with Crippen LogP contribution < -0.4 is 40.5 Å². The van der Waals surface area contributed by atoms with Crippen molar-refractivity contribution in [3.8, 4) is 23.3 Å². The number of hydrogen-bond donors (Lipinski definition) is 4. The van der Waals surface area contributed by atoms with Gasteiger partial charge in [-0.2, -0.15) is 18.2 Å². The Kier molecular flexibility index (Phi) is 15.3. The van der Waals surface area contributed by atoms with Gasteiger partial charge >= 0.3 is 6.18 Å². The second-order valence-electron chi connectivity index (χ2n) is 17.3. The summed E-state index contributed by atoms with van der Waals surface area (Å²) in [7, 11) is 4.83. The molecule has 0 spiro atoms. The Morgan fingerprint density at radius 3 is 2.43 bits per heavy atom. The van der Waals surface area contributed by atoms with E-state index in [-0.39, 0.29) is 55.0 Å². The minimum Gasteiger partial charge on any atom is -0.495 e. The van der Waals surface area contributed by atoms with Gasteiger partial charge in [-0.25, -0.2) is 4.98 Å². The predicted molar refractivity (Wildman–Crippen MR) is 264 cm³/mol. The maximum Gasteiger partial charge on any atom is 0.406 e. The minimum atomic E-state index is -4.46. The molecule has 1 saturated carbocycles. The van der Waals surface area contributed by atoms with E-state index in [4.69, 9.17) is 14.5 Å². The van der Waals surface area contributed by atoms with Gasteiger partial charge in [0.2, 0.25) is 17.8 Å². The van der Waals surface area contributed by atoms with Gasteiger partial charge in [-0.15, -0.1) is 11.8 Å². The lowest BCUT2D eigenvalue weighted by Crippen LogP contribution is -2.48. The van der Waals surface area contributed by atoms with E-state index in [9.17, 15) is 27.6 Å². The fourth-order valence-corrected chi connectivity index (χ4v) is 9.62. The Labute approximate surface area is 403 Å². The highest BCUT2D eigenvalue weighted by Gasteiger charge is 2.35. The van der Waals surface area contributed by atoms with Gasteiger partial charge in [-0.05, 0) is 98.9 Å². The van der Waals surface area contributed by atoms with E-state index in [0.717, 1.165) is 36.3 Å². The van der Waals surface area contributed by atoms with Crippen LogP contribution in [0.15, 0.2) is 71.8 Å². The standard InChI is InChI=1S/C50H57F3N10O5S/c1-60-42-29-56-49(59-47(42)62(30-46(60)65)34-10-5-6-11-34)58-40-18-16-32(26-43(40)67-2)48(66)55-23-9-15-45(64)61-24-20-33(21-25-61)57-38-13-7-14-41-37(38)27-35(63(41)31-50(51,52)53)12-8-22-54-39-19-17-36(69-4)28-44(39)68-3/h7,13-14,16-19,26-29,33-34,54,57H,5-6,9-11,15,20-25,30-31H2,1-4H3,(H,55,66)(H,56,58,59). The van der Waals surface area contributed by atoms with E-state index in [0.29, 0.717) is 95.7 Å². The van der Waals surface area contributed by atoms with Gasteiger partial charge in [0, 0.05) is 66.7 Å². The van der Waals surface area contributed by atoms with E-state index >= 15 is 0 Å². The van der Waals surface area contributed by atoms with Crippen molar-refractivity contribution in [2.75, 3.05) is 86.0 Å². The van der Waals surface area contributed by atoms with Crippen LogP contribution in [0, 0.1) is 11.8 Å². The van der Waals surface area contributed by atoms with Crippen LogP contribution in [-0.4, -0.2) is 116 Å². The first-order valence-corrected chi connectivity index (χ1v) is 24.4. The molecule has 2 aromatic heterocycles. The Balaban J connectivity index is 0.815. The molecule has 19 heteroatoms. The zero-order valence-corrected chi connectivity index (χ0v) is 40.0. The van der Waals surface area contributed by atoms with Crippen molar-refractivity contribution >= 4 is 74.9 Å². The maximum atomic E-state index is 13.9. The number of ether oxygens (including phenoxy) is 2. The lowest BCUT2D eigenvalue weighted by atomic mass is 10.0. The number of nitrogens with zero attached hydrogens (tertiary/aromatic N) is 6. The van der Waals surface area contributed by atoms with E-state index in [1.807, 2.05) is 35.4 Å². The molecule has 4 N–H and O–H groups in total. The predicted octanol–water partition coefficient (Wildman–Crippen LogP) is 8.28. The number of alkyl halides is 3. The van der Waals surface area contributed by atoms with Gasteiger partial charge in [-0.1, -0.05) is 24.8 Å². The van der Waals surface area contributed by atoms with E-state index in [2.05, 4.69) is 43.0 Å². The Morgan fingerprint density at radius 2 is 1.70 bits per heavy atom. The van der Waals surface area contributed by atoms with Crippen LogP contribution in [0.4, 0.5) is 47.7 Å². The van der Waals surface area contributed by atoms with E-state index in [1.54, 1.807) is 73.4 Å². The third-order valence-corrected chi connectivity index (χ3v) is 13.6. The van der Waals surface area contributed by atoms with Crippen molar-refractivity contribution in [3.63, 3.8) is 0 Å². The second kappa shape index (κ2) is 21.6. The Hall–Kier alpha value is -6.81. The van der Waals surface area contributed by atoms with E-state index < -0.39 is 12.7 Å². The minimum absolute atomic E-state index is 0.00104. The number of anilines is 6. The third-order valence-electron chi connectivity index (χ3n) is 12.9. The molecule has 3 aromatic carbocycles. The number of carbonyl (C=O) groups excluding carboxylic acids is 3. The lowest BCUT2D eigenvalue weighted by Gasteiger charge is -2.37. The van der Waals surface area contributed by atoms with Crippen molar-refractivity contribution in [1.82, 2.24) is 24.8 Å². The molecule has 364 valence electrons. The Bertz CT molecular complexity index is 2740. The average Bonchev–Trinajstić information content (AvgIpc) is 4.01. The van der Waals surface area contributed by atoms with Gasteiger partial charge in [-0.3, -0.25) is 14.4 Å². The maximum absolute atomic E-state index is 13.9. The first-order chi connectivity index (χ1) is 33.3. The van der Waals surface area contributed by atoms with Crippen LogP contribution >= 0.6 is 11.8 Å². The fraction of sp³-hybridized carbons (Fsp3) is 0.420. The molecule has 15 nitrogen and oxygen atoms in total. The summed E-state index contributed by atoms with van der Waals surface area (Å²) >= 11 is 1.59. The molecule has 69 heavy (non-hydrogen) atoms. The summed E-state index contributed by atoms with van der Waals surface area (Å²) in [5, 5.41) is 13.5. The molecule has 0 unspecified atom stereocenters. The fourth-order valence-electron chi connectivity index (χ4n) is 9.19. The third kappa shape index (κ3) is 11.6. The number of rotatable bonds is 16. The number of halogens is 3. The number of likely N-dealkylation sites (N-methyl/N-ethyl adjacent to an activating group) is 1. The summed E-state index contributed by atoms with van der Waals surface area (Å²) in [5.41, 5.74) is 3.73. The highest BCUT2D eigenvalue weighted by Crippen LogP contribution is 2.38. The van der Waals surface area contributed by atoms with Crippen LogP contribution in [0.1, 0.15) is 67.4 Å². The SMILES string of the molecule is COc1cc(SC)ccc1NCC#Cc1cc2c(NC3CCN(C(=O)CCCNC(=O)c4ccc(Nc5ncc6c(n5)N(C5CCCC5)CC(=O)N6C)c(OC)c4)CC3)cccc2n1CC(F)(F)F. The van der Waals surface area contributed by atoms with Gasteiger partial charge in [0.15, 0.2) is 5.82 Å². The highest BCUT2D eigenvalue weighted by atomic mass is 32.2. The van der Waals surface area contributed by atoms with Gasteiger partial charge in [0.25, 0.3) is 5.91 Å². The lowest BCUT2D eigenvalue weighted by molar-refractivity contribution is -0.140. The molecule has 0 atom stereocenters. The summed E-state index contributed by atoms with van der Waals surface area (Å²) in [6.45, 7) is 0.627. The molecule has 5 aromatic rings. The number of aromatic nitrogens is 3. The highest BCUT2D eigenvalue weighted by molar-refractivity contribution is 7.98. The van der Waals surface area contributed by atoms with Crippen LogP contribution in [0.25, 0.3) is 10.9 Å². The zero-order valence-electron chi connectivity index (χ0n) is 39.2. The van der Waals surface area contributed by atoms with Crippen molar-refractivity contribution in [1.29, 1.82) is 0 Å². The molecule has 0 radical (unpaired) electrons. The van der Waals surface area contributed by atoms with Crippen molar-refractivity contribution in [2.45, 2.75) is 81.1 Å². The number of fused-ring (bicyclic) bond motifs is 2. The molecule has 2 fully saturated rings. The molecular weight excluding hydrogens is 910 g/mol. The number of likely N-dealkylation sites (tertiary alicyclic amines) is 1. The quantitative estimate of drug-likeness (QED) is 0.0427. The summed E-state index contributed by atoms with van der Waals surface area (Å²) in [4.78, 5) is 55.0. The molecule has 1 saturated heterocycles. The number of carbonyl (C=O) groups is 3. The summed E-state index contributed by atoms with van der Waals surface area (Å²) in [5.74, 6) is 7.75. The molecule has 8 rings (SSSR count). The zero-order chi connectivity index (χ0) is 48.7. The molecule has 3 amide bonds. The van der Waals surface area contributed by atoms with Gasteiger partial charge < -0.3 is 50.0 Å². The van der Waals surface area contributed by atoms with Crippen molar-refractivity contribution in [2.24, 2.45) is 0 Å². The average molecular weight is 967 g/mol. The first kappa shape index (κ1) is 48.6. The smallest absolute Gasteiger partial charge is 0.406 e. The largest absolute Gasteiger partial charge is 0.495 e. The molecular formula is C50H57F3N10O5S. The molecule has 2 aliphatic heterocycles.